The molecule has 1 fully saturated rings. The number of hydrogen-bond donors (Lipinski definition) is 2. The van der Waals surface area contributed by atoms with E-state index in [0.29, 0.717) is 6.04 Å². The van der Waals surface area contributed by atoms with E-state index in [1.165, 1.54) is 0 Å². The maximum Gasteiger partial charge on any atom is 0.130 e. The lowest BCUT2D eigenvalue weighted by molar-refractivity contribution is 0.0764. The van der Waals surface area contributed by atoms with Crippen LogP contribution in [0.4, 0.5) is 0 Å². The molecular weight excluding hydrogens is 228 g/mol. The topological polar surface area (TPSA) is 62.8 Å². The van der Waals surface area contributed by atoms with Crippen LogP contribution in [0.1, 0.15) is 5.82 Å². The van der Waals surface area contributed by atoms with Crippen LogP contribution in [0.15, 0.2) is 30.7 Å². The molecule has 1 aliphatic heterocycles. The molecule has 0 aliphatic carbocycles. The van der Waals surface area contributed by atoms with Crippen LogP contribution in [0.25, 0.3) is 11.3 Å². The van der Waals surface area contributed by atoms with Crippen LogP contribution in [0.2, 0.25) is 0 Å². The average molecular weight is 244 g/mol. The van der Waals surface area contributed by atoms with E-state index in [2.05, 4.69) is 20.3 Å². The molecule has 1 unspecified atom stereocenters. The quantitative estimate of drug-likeness (QED) is 0.845. The first-order chi connectivity index (χ1) is 8.92. The first-order valence-electron chi connectivity index (χ1n) is 6.18. The molecule has 5 nitrogen and oxygen atoms in total. The van der Waals surface area contributed by atoms with Crippen molar-refractivity contribution in [3.63, 3.8) is 0 Å². The summed E-state index contributed by atoms with van der Waals surface area (Å²) in [5, 5.41) is 3.41. The first-order valence-corrected chi connectivity index (χ1v) is 6.18. The smallest absolute Gasteiger partial charge is 0.130 e. The van der Waals surface area contributed by atoms with Gasteiger partial charge in [0.05, 0.1) is 18.9 Å². The van der Waals surface area contributed by atoms with Gasteiger partial charge in [-0.05, 0) is 12.1 Å². The third-order valence-electron chi connectivity index (χ3n) is 3.03. The van der Waals surface area contributed by atoms with Crippen molar-refractivity contribution in [2.24, 2.45) is 0 Å². The van der Waals surface area contributed by atoms with E-state index in [9.17, 15) is 0 Å². The van der Waals surface area contributed by atoms with Gasteiger partial charge in [-0.3, -0.25) is 0 Å². The summed E-state index contributed by atoms with van der Waals surface area (Å²) in [4.78, 5) is 11.9. The van der Waals surface area contributed by atoms with Crippen LogP contribution in [0.3, 0.4) is 0 Å². The summed E-state index contributed by atoms with van der Waals surface area (Å²) < 4.78 is 5.43. The molecule has 5 heteroatoms. The number of nitrogens with zero attached hydrogens (tertiary/aromatic N) is 2. The maximum atomic E-state index is 5.43. The third kappa shape index (κ3) is 2.57. The SMILES string of the molecule is c1cc(-c2cc[nH]c2)nc(CC2COCCN2)n1. The molecule has 94 valence electrons. The fourth-order valence-corrected chi connectivity index (χ4v) is 2.11. The van der Waals surface area contributed by atoms with Crippen LogP contribution in [-0.2, 0) is 11.2 Å². The van der Waals surface area contributed by atoms with Crippen LogP contribution < -0.4 is 5.32 Å². The molecule has 1 saturated heterocycles. The minimum atomic E-state index is 0.320. The first kappa shape index (κ1) is 11.4. The normalized spacial score (nSPS) is 19.9. The van der Waals surface area contributed by atoms with Crippen molar-refractivity contribution in [3.05, 3.63) is 36.5 Å². The Hall–Kier alpha value is -1.72. The molecule has 0 bridgehead atoms. The summed E-state index contributed by atoms with van der Waals surface area (Å²) in [6.45, 7) is 2.43. The molecule has 2 aromatic rings. The highest BCUT2D eigenvalue weighted by Gasteiger charge is 2.15. The van der Waals surface area contributed by atoms with Gasteiger partial charge in [-0.1, -0.05) is 0 Å². The van der Waals surface area contributed by atoms with Gasteiger partial charge >= 0.3 is 0 Å². The van der Waals surface area contributed by atoms with Gasteiger partial charge in [-0.15, -0.1) is 0 Å². The molecule has 1 atom stereocenters. The van der Waals surface area contributed by atoms with Crippen LogP contribution in [0.5, 0.6) is 0 Å². The highest BCUT2D eigenvalue weighted by atomic mass is 16.5. The van der Waals surface area contributed by atoms with Gasteiger partial charge < -0.3 is 15.0 Å². The number of morpholine rings is 1. The second-order valence-corrected chi connectivity index (χ2v) is 4.39. The maximum absolute atomic E-state index is 5.43. The second-order valence-electron chi connectivity index (χ2n) is 4.39. The monoisotopic (exact) mass is 244 g/mol. The molecule has 3 rings (SSSR count). The van der Waals surface area contributed by atoms with Crippen molar-refractivity contribution in [1.29, 1.82) is 0 Å². The zero-order valence-electron chi connectivity index (χ0n) is 10.1. The Labute approximate surface area is 106 Å². The zero-order chi connectivity index (χ0) is 12.2. The van der Waals surface area contributed by atoms with E-state index in [0.717, 1.165) is 43.3 Å². The molecule has 0 amide bonds. The van der Waals surface area contributed by atoms with Gasteiger partial charge in [0.2, 0.25) is 0 Å². The average Bonchev–Trinajstić information content (AvgIpc) is 2.94. The van der Waals surface area contributed by atoms with E-state index in [1.54, 1.807) is 0 Å². The van der Waals surface area contributed by atoms with Crippen LogP contribution in [-0.4, -0.2) is 40.8 Å². The molecule has 0 radical (unpaired) electrons. The molecular formula is C13H16N4O. The predicted molar refractivity (Wildman–Crippen MR) is 68.1 cm³/mol. The number of hydrogen-bond acceptors (Lipinski definition) is 4. The minimum Gasteiger partial charge on any atom is -0.379 e. The lowest BCUT2D eigenvalue weighted by atomic mass is 10.2. The van der Waals surface area contributed by atoms with Crippen molar-refractivity contribution in [1.82, 2.24) is 20.3 Å². The van der Waals surface area contributed by atoms with E-state index in [-0.39, 0.29) is 0 Å². The van der Waals surface area contributed by atoms with Gasteiger partial charge in [-0.25, -0.2) is 9.97 Å². The minimum absolute atomic E-state index is 0.320. The van der Waals surface area contributed by atoms with Crippen LogP contribution in [0, 0.1) is 0 Å². The Bertz CT molecular complexity index is 491. The molecule has 18 heavy (non-hydrogen) atoms. The van der Waals surface area contributed by atoms with E-state index in [1.807, 2.05) is 30.7 Å². The zero-order valence-corrected chi connectivity index (χ0v) is 10.1. The molecule has 0 aromatic carbocycles. The fourth-order valence-electron chi connectivity index (χ4n) is 2.11. The summed E-state index contributed by atoms with van der Waals surface area (Å²) in [5.41, 5.74) is 2.05. The molecule has 0 spiro atoms. The Morgan fingerprint density at radius 2 is 2.39 bits per heavy atom. The highest BCUT2D eigenvalue weighted by Crippen LogP contribution is 2.15. The summed E-state index contributed by atoms with van der Waals surface area (Å²) >= 11 is 0. The van der Waals surface area contributed by atoms with Gasteiger partial charge in [0.15, 0.2) is 0 Å². The Balaban J connectivity index is 1.74. The number of ether oxygens (including phenoxy) is 1. The van der Waals surface area contributed by atoms with Crippen LogP contribution >= 0.6 is 0 Å². The number of rotatable bonds is 3. The largest absolute Gasteiger partial charge is 0.379 e. The number of H-pyrrole nitrogens is 1. The Morgan fingerprint density at radius 1 is 1.39 bits per heavy atom. The van der Waals surface area contributed by atoms with E-state index in [4.69, 9.17) is 4.74 Å². The van der Waals surface area contributed by atoms with Gasteiger partial charge in [0.25, 0.3) is 0 Å². The summed E-state index contributed by atoms with van der Waals surface area (Å²) in [6.07, 6.45) is 6.45. The summed E-state index contributed by atoms with van der Waals surface area (Å²) in [6, 6.07) is 4.26. The Morgan fingerprint density at radius 3 is 3.17 bits per heavy atom. The number of aromatic nitrogens is 3. The van der Waals surface area contributed by atoms with Crippen molar-refractivity contribution in [2.75, 3.05) is 19.8 Å². The lowest BCUT2D eigenvalue weighted by Gasteiger charge is -2.23. The van der Waals surface area contributed by atoms with E-state index < -0.39 is 0 Å². The van der Waals surface area contributed by atoms with Gasteiger partial charge in [0, 0.05) is 43.2 Å². The summed E-state index contributed by atoms with van der Waals surface area (Å²) in [5.74, 6) is 0.858. The third-order valence-corrected chi connectivity index (χ3v) is 3.03. The molecule has 2 aromatic heterocycles. The van der Waals surface area contributed by atoms with Crippen molar-refractivity contribution in [3.8, 4) is 11.3 Å². The van der Waals surface area contributed by atoms with Crippen molar-refractivity contribution in [2.45, 2.75) is 12.5 Å². The fraction of sp³-hybridized carbons (Fsp3) is 0.385. The molecule has 1 aliphatic rings. The molecule has 0 saturated carbocycles. The highest BCUT2D eigenvalue weighted by molar-refractivity contribution is 5.57. The standard InChI is InChI=1S/C13H16N4O/c1-3-14-8-10(1)12-2-4-16-13(17-12)7-11-9-18-6-5-15-11/h1-4,8,11,14-15H,5-7,9H2. The second kappa shape index (κ2) is 5.29. The Kier molecular flexibility index (Phi) is 3.34. The molecule has 2 N–H and O–H groups in total. The molecule has 3 heterocycles. The summed E-state index contributed by atoms with van der Waals surface area (Å²) in [7, 11) is 0. The van der Waals surface area contributed by atoms with Gasteiger partial charge in [0.1, 0.15) is 5.82 Å². The van der Waals surface area contributed by atoms with Gasteiger partial charge in [-0.2, -0.15) is 0 Å². The number of nitrogens with one attached hydrogen (secondary N) is 2. The van der Waals surface area contributed by atoms with Crippen molar-refractivity contribution >= 4 is 0 Å². The lowest BCUT2D eigenvalue weighted by Crippen LogP contribution is -2.42. The van der Waals surface area contributed by atoms with E-state index >= 15 is 0 Å². The van der Waals surface area contributed by atoms with Crippen molar-refractivity contribution < 1.29 is 4.74 Å². The predicted octanol–water partition coefficient (Wildman–Crippen LogP) is 1.00. The number of aromatic amines is 1.